The number of carbonyl (C=O) groups is 1. The quantitative estimate of drug-likeness (QED) is 0.709. The van der Waals surface area contributed by atoms with Crippen LogP contribution in [0, 0.1) is 0 Å². The fourth-order valence-corrected chi connectivity index (χ4v) is 5.10. The van der Waals surface area contributed by atoms with E-state index in [1.165, 1.54) is 23.0 Å². The van der Waals surface area contributed by atoms with E-state index in [1.54, 1.807) is 4.90 Å². The summed E-state index contributed by atoms with van der Waals surface area (Å²) in [6, 6.07) is 19.1. The first kappa shape index (κ1) is 21.7. The van der Waals surface area contributed by atoms with Crippen molar-refractivity contribution in [3.63, 3.8) is 0 Å². The summed E-state index contributed by atoms with van der Waals surface area (Å²) < 4.78 is 0. The molecular weight excluding hydrogens is 404 g/mol. The maximum atomic E-state index is 12.5. The Balaban J connectivity index is 1.33. The summed E-state index contributed by atoms with van der Waals surface area (Å²) >= 11 is 1.51. The minimum atomic E-state index is -0.119. The van der Waals surface area contributed by atoms with Crippen LogP contribution in [0.2, 0.25) is 0 Å². The van der Waals surface area contributed by atoms with Gasteiger partial charge in [0.05, 0.1) is 31.1 Å². The molecule has 1 saturated heterocycles. The summed E-state index contributed by atoms with van der Waals surface area (Å²) in [6.07, 6.45) is 1.96. The number of nitrogens with one attached hydrogen (secondary N) is 1. The second-order valence-electron chi connectivity index (χ2n) is 7.97. The van der Waals surface area contributed by atoms with Gasteiger partial charge in [-0.3, -0.25) is 4.79 Å². The number of rotatable bonds is 6. The van der Waals surface area contributed by atoms with Gasteiger partial charge in [-0.1, -0.05) is 42.5 Å². The summed E-state index contributed by atoms with van der Waals surface area (Å²) in [5.41, 5.74) is 3.64. The van der Waals surface area contributed by atoms with Crippen molar-refractivity contribution in [2.24, 2.45) is 4.99 Å². The third kappa shape index (κ3) is 5.38. The molecular formula is C25H31N4OS+. The van der Waals surface area contributed by atoms with Crippen molar-refractivity contribution in [2.45, 2.75) is 20.4 Å². The minimum absolute atomic E-state index is 0.119. The van der Waals surface area contributed by atoms with E-state index in [9.17, 15) is 4.79 Å². The third-order valence-electron chi connectivity index (χ3n) is 5.97. The molecule has 1 N–H and O–H groups in total. The van der Waals surface area contributed by atoms with Gasteiger partial charge in [-0.05, 0) is 49.4 Å². The van der Waals surface area contributed by atoms with Crippen LogP contribution in [0.1, 0.15) is 25.0 Å². The first-order valence-corrected chi connectivity index (χ1v) is 12.0. The number of piperazine rings is 1. The van der Waals surface area contributed by atoms with Gasteiger partial charge >= 0.3 is 0 Å². The first-order chi connectivity index (χ1) is 15.2. The van der Waals surface area contributed by atoms with Crippen molar-refractivity contribution in [3.8, 4) is 0 Å². The number of hydrogen-bond acceptors (Lipinski definition) is 4. The Morgan fingerprint density at radius 1 is 1.03 bits per heavy atom. The molecule has 1 amide bonds. The number of hydrogen-bond donors (Lipinski definition) is 1. The molecule has 5 nitrogen and oxygen atoms in total. The molecule has 2 aliphatic rings. The molecule has 2 heterocycles. The molecule has 0 unspecified atom stereocenters. The predicted molar refractivity (Wildman–Crippen MR) is 130 cm³/mol. The van der Waals surface area contributed by atoms with Gasteiger partial charge in [-0.15, -0.1) is 0 Å². The number of carbonyl (C=O) groups excluding carboxylic acids is 1. The second kappa shape index (κ2) is 10.2. The number of amides is 1. The predicted octanol–water partition coefficient (Wildman–Crippen LogP) is 2.90. The van der Waals surface area contributed by atoms with Crippen molar-refractivity contribution in [2.75, 3.05) is 44.2 Å². The van der Waals surface area contributed by atoms with E-state index in [0.29, 0.717) is 4.91 Å². The van der Waals surface area contributed by atoms with Gasteiger partial charge in [0, 0.05) is 24.3 Å². The average molecular weight is 436 g/mol. The molecule has 0 saturated carbocycles. The van der Waals surface area contributed by atoms with E-state index in [1.807, 2.05) is 6.08 Å². The first-order valence-electron chi connectivity index (χ1n) is 11.2. The lowest BCUT2D eigenvalue weighted by Crippen LogP contribution is -3.13. The highest BCUT2D eigenvalue weighted by Gasteiger charge is 2.29. The van der Waals surface area contributed by atoms with Crippen molar-refractivity contribution >= 4 is 34.6 Å². The molecule has 2 aromatic carbocycles. The molecule has 162 valence electrons. The van der Waals surface area contributed by atoms with Crippen LogP contribution in [0.4, 0.5) is 5.69 Å². The largest absolute Gasteiger partial charge is 0.372 e. The Morgan fingerprint density at radius 3 is 2.35 bits per heavy atom. The molecule has 0 spiro atoms. The Labute approximate surface area is 189 Å². The third-order valence-corrected chi connectivity index (χ3v) is 7.01. The molecule has 1 fully saturated rings. The van der Waals surface area contributed by atoms with Crippen LogP contribution < -0.4 is 9.80 Å². The summed E-state index contributed by atoms with van der Waals surface area (Å²) in [7, 11) is 0. The van der Waals surface area contributed by atoms with E-state index in [2.05, 4.69) is 83.2 Å². The average Bonchev–Trinajstić information content (AvgIpc) is 3.17. The number of aliphatic imine (C=N–C) groups is 1. The smallest absolute Gasteiger partial charge is 0.286 e. The van der Waals surface area contributed by atoms with Gasteiger partial charge < -0.3 is 14.7 Å². The van der Waals surface area contributed by atoms with E-state index in [-0.39, 0.29) is 5.91 Å². The van der Waals surface area contributed by atoms with Crippen LogP contribution in [0.15, 0.2) is 64.5 Å². The standard InChI is InChI=1S/C25H30N4OS/c1-3-28(4-2)22-12-10-20(11-13-22)18-23-24(30)26-25(31-23)29-16-14-27(15-17-29)19-21-8-6-5-7-9-21/h5-13,18H,3-4,14-17,19H2,1-2H3/p+1/b23-18-. The molecule has 2 aromatic rings. The van der Waals surface area contributed by atoms with Crippen molar-refractivity contribution in [1.29, 1.82) is 0 Å². The SMILES string of the molecule is CCN(CC)c1ccc(/C=C2\SC(N3CC[NH+](Cc4ccccc4)CC3)=NC2=O)cc1. The van der Waals surface area contributed by atoms with Crippen molar-refractivity contribution in [3.05, 3.63) is 70.6 Å². The van der Waals surface area contributed by atoms with Crippen LogP contribution in [-0.2, 0) is 11.3 Å². The van der Waals surface area contributed by atoms with Gasteiger partial charge in [0.15, 0.2) is 5.17 Å². The fraction of sp³-hybridized carbons (Fsp3) is 0.360. The highest BCUT2D eigenvalue weighted by Crippen LogP contribution is 2.30. The number of anilines is 1. The lowest BCUT2D eigenvalue weighted by Gasteiger charge is -2.32. The van der Waals surface area contributed by atoms with Crippen LogP contribution in [-0.4, -0.2) is 55.2 Å². The van der Waals surface area contributed by atoms with Crippen molar-refractivity contribution in [1.82, 2.24) is 4.90 Å². The Kier molecular flexibility index (Phi) is 7.10. The molecule has 0 aromatic heterocycles. The molecule has 31 heavy (non-hydrogen) atoms. The van der Waals surface area contributed by atoms with Crippen LogP contribution >= 0.6 is 11.8 Å². The second-order valence-corrected chi connectivity index (χ2v) is 8.98. The maximum Gasteiger partial charge on any atom is 0.286 e. The highest BCUT2D eigenvalue weighted by molar-refractivity contribution is 8.18. The molecule has 0 aliphatic carbocycles. The topological polar surface area (TPSA) is 40.4 Å². The summed E-state index contributed by atoms with van der Waals surface area (Å²) in [4.78, 5) is 23.7. The zero-order valence-electron chi connectivity index (χ0n) is 18.4. The summed E-state index contributed by atoms with van der Waals surface area (Å²) in [5, 5.41) is 0.856. The van der Waals surface area contributed by atoms with E-state index < -0.39 is 0 Å². The Morgan fingerprint density at radius 2 is 1.71 bits per heavy atom. The van der Waals surface area contributed by atoms with E-state index in [0.717, 1.165) is 56.5 Å². The molecule has 0 bridgehead atoms. The Bertz CT molecular complexity index is 943. The lowest BCUT2D eigenvalue weighted by molar-refractivity contribution is -0.917. The number of nitrogens with zero attached hydrogens (tertiary/aromatic N) is 3. The summed E-state index contributed by atoms with van der Waals surface area (Å²) in [5.74, 6) is -0.119. The highest BCUT2D eigenvalue weighted by atomic mass is 32.2. The zero-order valence-corrected chi connectivity index (χ0v) is 19.2. The van der Waals surface area contributed by atoms with E-state index >= 15 is 0 Å². The monoisotopic (exact) mass is 435 g/mol. The van der Waals surface area contributed by atoms with Gasteiger partial charge in [0.1, 0.15) is 6.54 Å². The van der Waals surface area contributed by atoms with Crippen LogP contribution in [0.25, 0.3) is 6.08 Å². The Hall–Kier alpha value is -2.57. The number of amidine groups is 1. The molecule has 4 rings (SSSR count). The van der Waals surface area contributed by atoms with Crippen LogP contribution in [0.3, 0.4) is 0 Å². The number of thioether (sulfide) groups is 1. The maximum absolute atomic E-state index is 12.5. The number of quaternary nitrogens is 1. The molecule has 0 atom stereocenters. The van der Waals surface area contributed by atoms with Gasteiger partial charge in [0.25, 0.3) is 5.91 Å². The number of benzene rings is 2. The van der Waals surface area contributed by atoms with Gasteiger partial charge in [-0.2, -0.15) is 4.99 Å². The molecule has 0 radical (unpaired) electrons. The zero-order chi connectivity index (χ0) is 21.6. The summed E-state index contributed by atoms with van der Waals surface area (Å²) in [6.45, 7) is 11.4. The normalized spacial score (nSPS) is 18.5. The van der Waals surface area contributed by atoms with Gasteiger partial charge in [0.2, 0.25) is 0 Å². The van der Waals surface area contributed by atoms with Crippen LogP contribution in [0.5, 0.6) is 0 Å². The van der Waals surface area contributed by atoms with Gasteiger partial charge in [-0.25, -0.2) is 0 Å². The van der Waals surface area contributed by atoms with Crippen molar-refractivity contribution < 1.29 is 9.69 Å². The fourth-order valence-electron chi connectivity index (χ4n) is 4.13. The minimum Gasteiger partial charge on any atom is -0.372 e. The van der Waals surface area contributed by atoms with E-state index in [4.69, 9.17) is 0 Å². The molecule has 2 aliphatic heterocycles. The lowest BCUT2D eigenvalue weighted by atomic mass is 10.2. The molecule has 6 heteroatoms.